The SMILES string of the molecule is Cc1cc(Cl)cc(C)c1Oc1cc(Cl)ccc1CC(C)N. The zero-order chi connectivity index (χ0) is 15.6. The smallest absolute Gasteiger partial charge is 0.133 e. The van der Waals surface area contributed by atoms with E-state index in [0.29, 0.717) is 10.0 Å². The molecule has 0 aliphatic carbocycles. The fraction of sp³-hybridized carbons (Fsp3) is 0.294. The van der Waals surface area contributed by atoms with Gasteiger partial charge in [0, 0.05) is 16.1 Å². The lowest BCUT2D eigenvalue weighted by molar-refractivity contribution is 0.467. The van der Waals surface area contributed by atoms with Gasteiger partial charge in [0.25, 0.3) is 0 Å². The van der Waals surface area contributed by atoms with Crippen molar-refractivity contribution in [2.45, 2.75) is 33.2 Å². The molecule has 0 radical (unpaired) electrons. The number of benzene rings is 2. The number of aryl methyl sites for hydroxylation is 2. The van der Waals surface area contributed by atoms with Crippen molar-refractivity contribution < 1.29 is 4.74 Å². The normalized spacial score (nSPS) is 12.3. The van der Waals surface area contributed by atoms with Gasteiger partial charge in [-0.2, -0.15) is 0 Å². The maximum atomic E-state index is 6.11. The molecule has 0 spiro atoms. The Balaban J connectivity index is 2.41. The van der Waals surface area contributed by atoms with Crippen LogP contribution in [0.25, 0.3) is 0 Å². The van der Waals surface area contributed by atoms with Gasteiger partial charge in [0.2, 0.25) is 0 Å². The van der Waals surface area contributed by atoms with Gasteiger partial charge in [0.05, 0.1) is 0 Å². The van der Waals surface area contributed by atoms with E-state index in [1.807, 2.05) is 51.1 Å². The van der Waals surface area contributed by atoms with Crippen LogP contribution in [0.5, 0.6) is 11.5 Å². The molecule has 0 saturated heterocycles. The lowest BCUT2D eigenvalue weighted by atomic mass is 10.1. The second-order valence-corrected chi connectivity index (χ2v) is 6.28. The molecule has 2 aromatic carbocycles. The van der Waals surface area contributed by atoms with Gasteiger partial charge in [-0.25, -0.2) is 0 Å². The van der Waals surface area contributed by atoms with Gasteiger partial charge in [-0.3, -0.25) is 0 Å². The van der Waals surface area contributed by atoms with Crippen LogP contribution in [0, 0.1) is 13.8 Å². The van der Waals surface area contributed by atoms with Crippen LogP contribution in [0.15, 0.2) is 30.3 Å². The molecule has 0 saturated carbocycles. The van der Waals surface area contributed by atoms with Gasteiger partial charge in [0.15, 0.2) is 0 Å². The highest BCUT2D eigenvalue weighted by molar-refractivity contribution is 6.31. The Morgan fingerprint density at radius 2 is 1.67 bits per heavy atom. The summed E-state index contributed by atoms with van der Waals surface area (Å²) in [6.07, 6.45) is 0.734. The van der Waals surface area contributed by atoms with Gasteiger partial charge >= 0.3 is 0 Å². The largest absolute Gasteiger partial charge is 0.456 e. The number of hydrogen-bond donors (Lipinski definition) is 1. The molecular weight excluding hydrogens is 305 g/mol. The van der Waals surface area contributed by atoms with Crippen molar-refractivity contribution >= 4 is 23.2 Å². The topological polar surface area (TPSA) is 35.2 Å². The molecule has 4 heteroatoms. The molecule has 2 aromatic rings. The van der Waals surface area contributed by atoms with E-state index in [9.17, 15) is 0 Å². The molecule has 0 aliphatic rings. The van der Waals surface area contributed by atoms with Gasteiger partial charge < -0.3 is 10.5 Å². The van der Waals surface area contributed by atoms with Crippen LogP contribution in [0.4, 0.5) is 0 Å². The second kappa shape index (κ2) is 6.69. The highest BCUT2D eigenvalue weighted by Gasteiger charge is 2.12. The number of rotatable bonds is 4. The molecule has 112 valence electrons. The summed E-state index contributed by atoms with van der Waals surface area (Å²) >= 11 is 12.1. The Bertz CT molecular complexity index is 630. The molecule has 1 unspecified atom stereocenters. The Labute approximate surface area is 135 Å². The van der Waals surface area contributed by atoms with Crippen molar-refractivity contribution in [1.29, 1.82) is 0 Å². The van der Waals surface area contributed by atoms with Crippen LogP contribution in [0.1, 0.15) is 23.6 Å². The van der Waals surface area contributed by atoms with Crippen molar-refractivity contribution in [3.8, 4) is 11.5 Å². The zero-order valence-corrected chi connectivity index (χ0v) is 13.9. The molecule has 2 nitrogen and oxygen atoms in total. The highest BCUT2D eigenvalue weighted by atomic mass is 35.5. The van der Waals surface area contributed by atoms with Crippen LogP contribution in [-0.4, -0.2) is 6.04 Å². The first-order valence-corrected chi connectivity index (χ1v) is 7.61. The Morgan fingerprint density at radius 3 is 2.24 bits per heavy atom. The number of nitrogens with two attached hydrogens (primary N) is 1. The van der Waals surface area contributed by atoms with Gasteiger partial charge in [0.1, 0.15) is 11.5 Å². The van der Waals surface area contributed by atoms with Crippen molar-refractivity contribution in [2.75, 3.05) is 0 Å². The minimum absolute atomic E-state index is 0.0564. The predicted molar refractivity (Wildman–Crippen MR) is 89.8 cm³/mol. The van der Waals surface area contributed by atoms with Crippen LogP contribution in [0.2, 0.25) is 10.0 Å². The quantitative estimate of drug-likeness (QED) is 0.829. The Hall–Kier alpha value is -1.22. The third-order valence-corrected chi connectivity index (χ3v) is 3.66. The van der Waals surface area contributed by atoms with Crippen molar-refractivity contribution in [1.82, 2.24) is 0 Å². The van der Waals surface area contributed by atoms with Crippen LogP contribution < -0.4 is 10.5 Å². The number of ether oxygens (including phenoxy) is 1. The first-order valence-electron chi connectivity index (χ1n) is 6.85. The predicted octanol–water partition coefficient (Wildman–Crippen LogP) is 5.29. The van der Waals surface area contributed by atoms with E-state index in [0.717, 1.165) is 34.6 Å². The van der Waals surface area contributed by atoms with Crippen molar-refractivity contribution in [2.24, 2.45) is 5.73 Å². The average molecular weight is 324 g/mol. The lowest BCUT2D eigenvalue weighted by Crippen LogP contribution is -2.18. The summed E-state index contributed by atoms with van der Waals surface area (Å²) in [5, 5.41) is 1.35. The van der Waals surface area contributed by atoms with Gasteiger partial charge in [-0.15, -0.1) is 0 Å². The van der Waals surface area contributed by atoms with Crippen LogP contribution in [0.3, 0.4) is 0 Å². The third-order valence-electron chi connectivity index (χ3n) is 3.21. The third kappa shape index (κ3) is 4.13. The van der Waals surface area contributed by atoms with Crippen molar-refractivity contribution in [3.63, 3.8) is 0 Å². The lowest BCUT2D eigenvalue weighted by Gasteiger charge is -2.16. The fourth-order valence-electron chi connectivity index (χ4n) is 2.31. The maximum absolute atomic E-state index is 6.11. The van der Waals surface area contributed by atoms with Gasteiger partial charge in [-0.1, -0.05) is 29.3 Å². The highest BCUT2D eigenvalue weighted by Crippen LogP contribution is 2.34. The van der Waals surface area contributed by atoms with Crippen LogP contribution in [-0.2, 0) is 6.42 Å². The molecule has 21 heavy (non-hydrogen) atoms. The Kier molecular flexibility index (Phi) is 5.15. The zero-order valence-electron chi connectivity index (χ0n) is 12.4. The molecule has 0 amide bonds. The standard InChI is InChI=1S/C17H19Cl2NO/c1-10-6-15(19)7-11(2)17(10)21-16-9-14(18)5-4-13(16)8-12(3)20/h4-7,9,12H,8,20H2,1-3H3. The molecule has 0 heterocycles. The second-order valence-electron chi connectivity index (χ2n) is 5.40. The summed E-state index contributed by atoms with van der Waals surface area (Å²) in [6, 6.07) is 9.47. The van der Waals surface area contributed by atoms with E-state index in [2.05, 4.69) is 0 Å². The number of halogens is 2. The molecule has 0 aliphatic heterocycles. The summed E-state index contributed by atoms with van der Waals surface area (Å²) in [7, 11) is 0. The fourth-order valence-corrected chi connectivity index (χ4v) is 2.80. The summed E-state index contributed by atoms with van der Waals surface area (Å²) in [5.74, 6) is 1.56. The molecule has 0 bridgehead atoms. The molecule has 2 N–H and O–H groups in total. The first-order chi connectivity index (χ1) is 9.86. The van der Waals surface area contributed by atoms with E-state index >= 15 is 0 Å². The van der Waals surface area contributed by atoms with E-state index in [1.165, 1.54) is 0 Å². The summed E-state index contributed by atoms with van der Waals surface area (Å²) in [6.45, 7) is 5.92. The van der Waals surface area contributed by atoms with E-state index in [1.54, 1.807) is 0 Å². The van der Waals surface area contributed by atoms with Crippen LogP contribution >= 0.6 is 23.2 Å². The minimum atomic E-state index is 0.0564. The molecule has 0 aromatic heterocycles. The van der Waals surface area contributed by atoms with Gasteiger partial charge in [-0.05, 0) is 68.1 Å². The van der Waals surface area contributed by atoms with Crippen molar-refractivity contribution in [3.05, 3.63) is 57.1 Å². The van der Waals surface area contributed by atoms with E-state index < -0.39 is 0 Å². The maximum Gasteiger partial charge on any atom is 0.133 e. The van der Waals surface area contributed by atoms with E-state index in [4.69, 9.17) is 33.7 Å². The first kappa shape index (κ1) is 16.2. The minimum Gasteiger partial charge on any atom is -0.456 e. The summed E-state index contributed by atoms with van der Waals surface area (Å²) in [4.78, 5) is 0. The molecule has 0 fully saturated rings. The monoisotopic (exact) mass is 323 g/mol. The molecule has 2 rings (SSSR count). The summed E-state index contributed by atoms with van der Waals surface area (Å²) < 4.78 is 6.11. The Morgan fingerprint density at radius 1 is 1.05 bits per heavy atom. The molecule has 1 atom stereocenters. The average Bonchev–Trinajstić information content (AvgIpc) is 2.36. The van der Waals surface area contributed by atoms with E-state index in [-0.39, 0.29) is 6.04 Å². The molecular formula is C17H19Cl2NO. The summed E-state index contributed by atoms with van der Waals surface area (Å²) in [5.41, 5.74) is 8.93. The number of hydrogen-bond acceptors (Lipinski definition) is 2.